The van der Waals surface area contributed by atoms with Crippen LogP contribution in [0.2, 0.25) is 0 Å². The van der Waals surface area contributed by atoms with Crippen molar-refractivity contribution >= 4 is 10.0 Å². The molecule has 0 bridgehead atoms. The minimum atomic E-state index is -3.83. The molecule has 98 valence electrons. The molecule has 8 heteroatoms. The number of hydrogen-bond acceptors (Lipinski definition) is 5. The molecule has 0 atom stereocenters. The van der Waals surface area contributed by atoms with Gasteiger partial charge in [-0.15, -0.1) is 10.2 Å². The first-order chi connectivity index (χ1) is 8.00. The smallest absolute Gasteiger partial charge is 0.273 e. The Balaban J connectivity index is 3.02. The summed E-state index contributed by atoms with van der Waals surface area (Å²) in [6.07, 6.45) is 2.61. The summed E-state index contributed by atoms with van der Waals surface area (Å²) in [5.74, 6) is 0.632. The number of hydrogen-bond donors (Lipinski definition) is 1. The normalized spacial score (nSPS) is 11.9. The van der Waals surface area contributed by atoms with Crippen LogP contribution < -0.4 is 5.14 Å². The molecule has 0 unspecified atom stereocenters. The zero-order chi connectivity index (χ0) is 12.9. The lowest BCUT2D eigenvalue weighted by atomic mass is 10.2. The lowest BCUT2D eigenvalue weighted by Crippen LogP contribution is -2.21. The molecule has 1 rings (SSSR count). The molecular formula is C9H18N4O3S. The number of nitrogens with two attached hydrogens (primary N) is 1. The van der Waals surface area contributed by atoms with E-state index in [0.717, 1.165) is 12.8 Å². The highest BCUT2D eigenvalue weighted by molar-refractivity contribution is 7.89. The zero-order valence-electron chi connectivity index (χ0n) is 10.1. The molecule has 0 spiro atoms. The van der Waals surface area contributed by atoms with E-state index in [0.29, 0.717) is 25.4 Å². The highest BCUT2D eigenvalue weighted by atomic mass is 32.2. The van der Waals surface area contributed by atoms with Gasteiger partial charge in [0.15, 0.2) is 0 Å². The predicted molar refractivity (Wildman–Crippen MR) is 61.9 cm³/mol. The number of methoxy groups -OCH3 is 1. The minimum Gasteiger partial charge on any atom is -0.383 e. The maximum Gasteiger partial charge on any atom is 0.273 e. The summed E-state index contributed by atoms with van der Waals surface area (Å²) in [6.45, 7) is 2.82. The van der Waals surface area contributed by atoms with Gasteiger partial charge >= 0.3 is 0 Å². The molecule has 7 nitrogen and oxygen atoms in total. The van der Waals surface area contributed by atoms with Crippen molar-refractivity contribution in [3.63, 3.8) is 0 Å². The van der Waals surface area contributed by atoms with E-state index in [9.17, 15) is 8.42 Å². The third kappa shape index (κ3) is 3.76. The fourth-order valence-electron chi connectivity index (χ4n) is 1.46. The Labute approximate surface area is 101 Å². The lowest BCUT2D eigenvalue weighted by Gasteiger charge is -2.08. The average molecular weight is 262 g/mol. The molecular weight excluding hydrogens is 244 g/mol. The van der Waals surface area contributed by atoms with Crippen molar-refractivity contribution in [2.24, 2.45) is 5.14 Å². The fourth-order valence-corrected chi connectivity index (χ4v) is 2.11. The summed E-state index contributed by atoms with van der Waals surface area (Å²) >= 11 is 0. The molecule has 0 aliphatic heterocycles. The van der Waals surface area contributed by atoms with Crippen LogP contribution in [-0.2, 0) is 27.7 Å². The van der Waals surface area contributed by atoms with Crippen molar-refractivity contribution in [1.29, 1.82) is 0 Å². The highest BCUT2D eigenvalue weighted by Gasteiger charge is 2.20. The van der Waals surface area contributed by atoms with E-state index in [1.807, 2.05) is 0 Å². The number of rotatable bonds is 7. The van der Waals surface area contributed by atoms with Gasteiger partial charge < -0.3 is 4.74 Å². The van der Waals surface area contributed by atoms with Crippen LogP contribution in [0.15, 0.2) is 5.16 Å². The van der Waals surface area contributed by atoms with Crippen molar-refractivity contribution in [3.8, 4) is 0 Å². The maximum absolute atomic E-state index is 11.3. The van der Waals surface area contributed by atoms with E-state index in [1.165, 1.54) is 4.57 Å². The molecule has 0 fully saturated rings. The average Bonchev–Trinajstić information content (AvgIpc) is 2.66. The van der Waals surface area contributed by atoms with E-state index < -0.39 is 10.0 Å². The molecule has 17 heavy (non-hydrogen) atoms. The van der Waals surface area contributed by atoms with Crippen molar-refractivity contribution < 1.29 is 13.2 Å². The number of unbranched alkanes of at least 4 members (excludes halogenated alkanes) is 1. The summed E-state index contributed by atoms with van der Waals surface area (Å²) in [4.78, 5) is 0. The van der Waals surface area contributed by atoms with Gasteiger partial charge in [0.05, 0.1) is 6.61 Å². The van der Waals surface area contributed by atoms with E-state index in [-0.39, 0.29) is 5.16 Å². The van der Waals surface area contributed by atoms with Crippen LogP contribution in [0.25, 0.3) is 0 Å². The Morgan fingerprint density at radius 1 is 1.41 bits per heavy atom. The number of aryl methyl sites for hydroxylation is 1. The van der Waals surface area contributed by atoms with Crippen LogP contribution >= 0.6 is 0 Å². The second-order valence-electron chi connectivity index (χ2n) is 3.69. The monoisotopic (exact) mass is 262 g/mol. The Morgan fingerprint density at radius 3 is 2.65 bits per heavy atom. The summed E-state index contributed by atoms with van der Waals surface area (Å²) in [7, 11) is -2.29. The standard InChI is InChI=1S/C9H18N4O3S/c1-3-4-5-8-11-12-9(17(10,14)15)13(8)6-7-16-2/h3-7H2,1-2H3,(H2,10,14,15). The molecule has 1 aromatic heterocycles. The molecule has 0 saturated carbocycles. The number of nitrogens with zero attached hydrogens (tertiary/aromatic N) is 3. The van der Waals surface area contributed by atoms with Crippen LogP contribution in [-0.4, -0.2) is 36.9 Å². The van der Waals surface area contributed by atoms with Crippen molar-refractivity contribution in [2.45, 2.75) is 37.9 Å². The molecule has 0 amide bonds. The van der Waals surface area contributed by atoms with Crippen LogP contribution in [0.1, 0.15) is 25.6 Å². The van der Waals surface area contributed by atoms with Gasteiger partial charge in [-0.3, -0.25) is 4.57 Å². The second-order valence-corrected chi connectivity index (χ2v) is 5.15. The Bertz CT molecular complexity index is 455. The highest BCUT2D eigenvalue weighted by Crippen LogP contribution is 2.09. The minimum absolute atomic E-state index is 0.194. The Kier molecular flexibility index (Phi) is 5.03. The van der Waals surface area contributed by atoms with Gasteiger partial charge in [0, 0.05) is 20.1 Å². The number of aromatic nitrogens is 3. The van der Waals surface area contributed by atoms with Crippen LogP contribution in [0.5, 0.6) is 0 Å². The van der Waals surface area contributed by atoms with E-state index in [2.05, 4.69) is 17.1 Å². The summed E-state index contributed by atoms with van der Waals surface area (Å²) in [6, 6.07) is 0. The van der Waals surface area contributed by atoms with Crippen molar-refractivity contribution in [2.75, 3.05) is 13.7 Å². The van der Waals surface area contributed by atoms with Crippen molar-refractivity contribution in [3.05, 3.63) is 5.82 Å². The molecule has 0 saturated heterocycles. The third-order valence-corrected chi connectivity index (χ3v) is 3.13. The molecule has 0 aromatic carbocycles. The quantitative estimate of drug-likeness (QED) is 0.740. The van der Waals surface area contributed by atoms with Gasteiger partial charge in [-0.05, 0) is 6.42 Å². The van der Waals surface area contributed by atoms with Crippen LogP contribution in [0.4, 0.5) is 0 Å². The molecule has 1 aromatic rings. The molecule has 0 aliphatic rings. The Hall–Kier alpha value is -0.990. The van der Waals surface area contributed by atoms with Gasteiger partial charge in [0.25, 0.3) is 15.2 Å². The largest absolute Gasteiger partial charge is 0.383 e. The topological polar surface area (TPSA) is 100 Å². The second kappa shape index (κ2) is 6.08. The first-order valence-electron chi connectivity index (χ1n) is 5.44. The van der Waals surface area contributed by atoms with Gasteiger partial charge in [0.1, 0.15) is 5.82 Å². The summed E-state index contributed by atoms with van der Waals surface area (Å²) in [5, 5.41) is 12.4. The van der Waals surface area contributed by atoms with Crippen LogP contribution in [0.3, 0.4) is 0 Å². The molecule has 1 heterocycles. The molecule has 2 N–H and O–H groups in total. The zero-order valence-corrected chi connectivity index (χ0v) is 10.9. The van der Waals surface area contributed by atoms with Crippen molar-refractivity contribution in [1.82, 2.24) is 14.8 Å². The maximum atomic E-state index is 11.3. The number of primary sulfonamides is 1. The third-order valence-electron chi connectivity index (χ3n) is 2.32. The summed E-state index contributed by atoms with van der Waals surface area (Å²) < 4.78 is 29.1. The lowest BCUT2D eigenvalue weighted by molar-refractivity contribution is 0.183. The van der Waals surface area contributed by atoms with E-state index in [4.69, 9.17) is 9.88 Å². The van der Waals surface area contributed by atoms with Crippen LogP contribution in [0, 0.1) is 0 Å². The van der Waals surface area contributed by atoms with E-state index >= 15 is 0 Å². The number of sulfonamides is 1. The molecule has 0 aliphatic carbocycles. The SMILES string of the molecule is CCCCc1nnc(S(N)(=O)=O)n1CCOC. The Morgan fingerprint density at radius 2 is 2.12 bits per heavy atom. The first kappa shape index (κ1) is 14.1. The molecule has 0 radical (unpaired) electrons. The number of ether oxygens (including phenoxy) is 1. The van der Waals surface area contributed by atoms with Gasteiger partial charge in [0.2, 0.25) is 0 Å². The van der Waals surface area contributed by atoms with Gasteiger partial charge in [-0.1, -0.05) is 13.3 Å². The first-order valence-corrected chi connectivity index (χ1v) is 6.99. The van der Waals surface area contributed by atoms with E-state index in [1.54, 1.807) is 7.11 Å². The predicted octanol–water partition coefficient (Wildman–Crippen LogP) is -0.0855. The van der Waals surface area contributed by atoms with Gasteiger partial charge in [-0.2, -0.15) is 0 Å². The fraction of sp³-hybridized carbons (Fsp3) is 0.778. The summed E-state index contributed by atoms with van der Waals surface area (Å²) in [5.41, 5.74) is 0. The van der Waals surface area contributed by atoms with Gasteiger partial charge in [-0.25, -0.2) is 13.6 Å².